The number of nitrogens with one attached hydrogen (secondary N) is 1. The van der Waals surface area contributed by atoms with Gasteiger partial charge in [0.25, 0.3) is 0 Å². The van der Waals surface area contributed by atoms with Crippen molar-refractivity contribution < 1.29 is 0 Å². The number of para-hydroxylation sites is 2. The van der Waals surface area contributed by atoms with E-state index in [1.165, 1.54) is 5.56 Å². The maximum Gasteiger partial charge on any atom is 0.161 e. The number of rotatable bonds is 0. The average molecular weight is 328 g/mol. The molecule has 2 heterocycles. The molecular formula is C16H14BrN3. The van der Waals surface area contributed by atoms with Crippen molar-refractivity contribution in [3.8, 4) is 5.69 Å². The quantitative estimate of drug-likeness (QED) is 0.666. The zero-order chi connectivity index (χ0) is 13.0. The number of anilines is 1. The fraction of sp³-hybridized carbons (Fsp3) is 0.0625. The minimum Gasteiger partial charge on any atom is -0.351 e. The van der Waals surface area contributed by atoms with E-state index in [9.17, 15) is 0 Å². The molecule has 0 spiro atoms. The zero-order valence-corrected chi connectivity index (χ0v) is 12.8. The Hall–Kier alpha value is -2.07. The van der Waals surface area contributed by atoms with E-state index in [0.717, 1.165) is 33.9 Å². The maximum atomic E-state index is 4.66. The van der Waals surface area contributed by atoms with E-state index in [1.807, 2.05) is 18.2 Å². The third kappa shape index (κ3) is 1.68. The molecule has 1 N–H and O–H groups in total. The summed E-state index contributed by atoms with van der Waals surface area (Å²) in [6.45, 7) is 6.18. The van der Waals surface area contributed by atoms with Crippen LogP contribution in [0.15, 0.2) is 49.0 Å². The van der Waals surface area contributed by atoms with Crippen LogP contribution in [-0.2, 0) is 0 Å². The highest BCUT2D eigenvalue weighted by Gasteiger charge is 2.22. The second-order valence-electron chi connectivity index (χ2n) is 4.88. The second-order valence-corrected chi connectivity index (χ2v) is 4.88. The predicted octanol–water partition coefficient (Wildman–Crippen LogP) is 4.31. The molecule has 2 aromatic carbocycles. The van der Waals surface area contributed by atoms with Crippen LogP contribution in [0.2, 0.25) is 0 Å². The van der Waals surface area contributed by atoms with Crippen LogP contribution in [0, 0.1) is 6.92 Å². The largest absolute Gasteiger partial charge is 0.351 e. The number of halogens is 1. The molecule has 0 saturated heterocycles. The molecule has 0 aliphatic carbocycles. The summed E-state index contributed by atoms with van der Waals surface area (Å²) < 4.78 is 2.18. The first kappa shape index (κ1) is 12.9. The molecule has 1 aliphatic heterocycles. The van der Waals surface area contributed by atoms with Crippen molar-refractivity contribution >= 4 is 39.4 Å². The number of fused-ring (bicyclic) bond motifs is 5. The molecule has 4 heteroatoms. The van der Waals surface area contributed by atoms with Gasteiger partial charge < -0.3 is 5.32 Å². The number of imidazole rings is 1. The fourth-order valence-corrected chi connectivity index (χ4v) is 2.62. The summed E-state index contributed by atoms with van der Waals surface area (Å²) in [6.07, 6.45) is 0. The van der Waals surface area contributed by atoms with Crippen molar-refractivity contribution in [2.24, 2.45) is 0 Å². The highest BCUT2D eigenvalue weighted by atomic mass is 79.9. The molecule has 100 valence electrons. The minimum atomic E-state index is 0. The van der Waals surface area contributed by atoms with E-state index >= 15 is 0 Å². The Morgan fingerprint density at radius 2 is 1.95 bits per heavy atom. The second kappa shape index (κ2) is 4.49. The molecule has 1 aromatic heterocycles. The number of benzene rings is 2. The first-order valence-electron chi connectivity index (χ1n) is 6.29. The summed E-state index contributed by atoms with van der Waals surface area (Å²) in [5, 5.41) is 3.33. The Morgan fingerprint density at radius 1 is 1.15 bits per heavy atom. The minimum absolute atomic E-state index is 0. The Bertz CT molecular complexity index is 833. The summed E-state index contributed by atoms with van der Waals surface area (Å²) in [6, 6.07) is 14.5. The van der Waals surface area contributed by atoms with Crippen molar-refractivity contribution in [2.45, 2.75) is 6.92 Å². The van der Waals surface area contributed by atoms with Crippen molar-refractivity contribution in [3.05, 3.63) is 60.4 Å². The molecule has 0 fully saturated rings. The van der Waals surface area contributed by atoms with Gasteiger partial charge in [0, 0.05) is 0 Å². The average Bonchev–Trinajstić information content (AvgIpc) is 2.80. The van der Waals surface area contributed by atoms with E-state index in [-0.39, 0.29) is 17.0 Å². The SMILES string of the molecule is Br.C=C1Nc2ccc(C)cc2-n2c1nc1ccccc12. The Balaban J connectivity index is 0.00000121. The summed E-state index contributed by atoms with van der Waals surface area (Å²) in [7, 11) is 0. The molecule has 3 nitrogen and oxygen atoms in total. The highest BCUT2D eigenvalue weighted by molar-refractivity contribution is 8.93. The van der Waals surface area contributed by atoms with Crippen LogP contribution in [-0.4, -0.2) is 9.55 Å². The topological polar surface area (TPSA) is 29.9 Å². The van der Waals surface area contributed by atoms with Crippen LogP contribution in [0.5, 0.6) is 0 Å². The van der Waals surface area contributed by atoms with Gasteiger partial charge in [-0.2, -0.15) is 0 Å². The van der Waals surface area contributed by atoms with Gasteiger partial charge in [-0.05, 0) is 36.8 Å². The molecule has 20 heavy (non-hydrogen) atoms. The van der Waals surface area contributed by atoms with Crippen LogP contribution in [0.3, 0.4) is 0 Å². The van der Waals surface area contributed by atoms with Gasteiger partial charge in [-0.25, -0.2) is 4.98 Å². The lowest BCUT2D eigenvalue weighted by Gasteiger charge is -2.22. The van der Waals surface area contributed by atoms with Gasteiger partial charge in [0.05, 0.1) is 28.1 Å². The monoisotopic (exact) mass is 327 g/mol. The molecule has 4 rings (SSSR count). The van der Waals surface area contributed by atoms with E-state index < -0.39 is 0 Å². The lowest BCUT2D eigenvalue weighted by atomic mass is 10.1. The number of aromatic nitrogens is 2. The molecule has 0 atom stereocenters. The van der Waals surface area contributed by atoms with Crippen LogP contribution in [0.4, 0.5) is 5.69 Å². The van der Waals surface area contributed by atoms with Gasteiger partial charge in [0.2, 0.25) is 0 Å². The third-order valence-corrected chi connectivity index (χ3v) is 3.51. The normalized spacial score (nSPS) is 12.3. The summed E-state index contributed by atoms with van der Waals surface area (Å²) in [5.74, 6) is 0.888. The van der Waals surface area contributed by atoms with E-state index in [2.05, 4.69) is 52.6 Å². The number of aryl methyl sites for hydroxylation is 1. The smallest absolute Gasteiger partial charge is 0.161 e. The van der Waals surface area contributed by atoms with E-state index in [0.29, 0.717) is 0 Å². The predicted molar refractivity (Wildman–Crippen MR) is 88.8 cm³/mol. The van der Waals surface area contributed by atoms with Crippen LogP contribution >= 0.6 is 17.0 Å². The summed E-state index contributed by atoms with van der Waals surface area (Å²) >= 11 is 0. The summed E-state index contributed by atoms with van der Waals surface area (Å²) in [4.78, 5) is 4.66. The van der Waals surface area contributed by atoms with Gasteiger partial charge in [-0.15, -0.1) is 17.0 Å². The van der Waals surface area contributed by atoms with E-state index in [1.54, 1.807) is 0 Å². The molecule has 3 aromatic rings. The van der Waals surface area contributed by atoms with Crippen molar-refractivity contribution in [1.29, 1.82) is 0 Å². The van der Waals surface area contributed by atoms with Crippen LogP contribution in [0.25, 0.3) is 22.4 Å². The zero-order valence-electron chi connectivity index (χ0n) is 11.1. The van der Waals surface area contributed by atoms with Gasteiger partial charge in [0.15, 0.2) is 5.82 Å². The molecule has 0 bridgehead atoms. The van der Waals surface area contributed by atoms with Crippen molar-refractivity contribution in [2.75, 3.05) is 5.32 Å². The van der Waals surface area contributed by atoms with Gasteiger partial charge in [-0.1, -0.05) is 24.8 Å². The third-order valence-electron chi connectivity index (χ3n) is 3.51. The van der Waals surface area contributed by atoms with Crippen LogP contribution in [0.1, 0.15) is 11.4 Å². The maximum absolute atomic E-state index is 4.66. The molecule has 0 amide bonds. The van der Waals surface area contributed by atoms with Gasteiger partial charge >= 0.3 is 0 Å². The molecule has 1 aliphatic rings. The summed E-state index contributed by atoms with van der Waals surface area (Å²) in [5.41, 5.74) is 6.40. The Kier molecular flexibility index (Phi) is 2.91. The lowest BCUT2D eigenvalue weighted by molar-refractivity contribution is 1.03. The molecule has 0 saturated carbocycles. The first-order valence-corrected chi connectivity index (χ1v) is 6.29. The number of hydrogen-bond donors (Lipinski definition) is 1. The molecular weight excluding hydrogens is 314 g/mol. The Labute approximate surface area is 127 Å². The van der Waals surface area contributed by atoms with Crippen molar-refractivity contribution in [1.82, 2.24) is 9.55 Å². The first-order chi connectivity index (χ1) is 9.24. The highest BCUT2D eigenvalue weighted by Crippen LogP contribution is 2.35. The van der Waals surface area contributed by atoms with Crippen LogP contribution < -0.4 is 5.32 Å². The number of nitrogens with zero attached hydrogens (tertiary/aromatic N) is 2. The molecule has 0 unspecified atom stereocenters. The van der Waals surface area contributed by atoms with Gasteiger partial charge in [0.1, 0.15) is 0 Å². The molecule has 0 radical (unpaired) electrons. The lowest BCUT2D eigenvalue weighted by Crippen LogP contribution is -2.14. The Morgan fingerprint density at radius 3 is 2.80 bits per heavy atom. The number of hydrogen-bond acceptors (Lipinski definition) is 2. The fourth-order valence-electron chi connectivity index (χ4n) is 2.62. The van der Waals surface area contributed by atoms with Gasteiger partial charge in [-0.3, -0.25) is 4.57 Å². The standard InChI is InChI=1S/C16H13N3.BrH/c1-10-7-8-13-15(9-10)19-14-6-4-3-5-12(14)18-16(19)11(2)17-13;/h3-9,17H,2H2,1H3;1H. The van der Waals surface area contributed by atoms with E-state index in [4.69, 9.17) is 0 Å². The van der Waals surface area contributed by atoms with Crippen molar-refractivity contribution in [3.63, 3.8) is 0 Å².